The molecule has 1 N–H and O–H groups in total. The van der Waals surface area contributed by atoms with Crippen LogP contribution in [0, 0.1) is 0 Å². The van der Waals surface area contributed by atoms with Crippen LogP contribution in [0.3, 0.4) is 0 Å². The number of nitrogens with one attached hydrogen (secondary N) is 1. The molecule has 0 aliphatic carbocycles. The van der Waals surface area contributed by atoms with Gasteiger partial charge in [0, 0.05) is 18.4 Å². The average molecular weight is 268 g/mol. The van der Waals surface area contributed by atoms with Crippen molar-refractivity contribution in [2.75, 3.05) is 17.3 Å². The van der Waals surface area contributed by atoms with Gasteiger partial charge in [-0.3, -0.25) is 9.59 Å². The normalized spacial score (nSPS) is 9.85. The molecule has 4 heteroatoms. The van der Waals surface area contributed by atoms with Gasteiger partial charge in [0.2, 0.25) is 11.8 Å². The monoisotopic (exact) mass is 268 g/mol. The maximum atomic E-state index is 12.0. The van der Waals surface area contributed by atoms with Gasteiger partial charge in [0.15, 0.2) is 0 Å². The second-order valence-corrected chi connectivity index (χ2v) is 4.38. The fraction of sp³-hybridized carbons (Fsp3) is 0.125. The molecule has 0 atom stereocenters. The van der Waals surface area contributed by atoms with E-state index in [0.717, 1.165) is 5.69 Å². The molecule has 2 amide bonds. The lowest BCUT2D eigenvalue weighted by molar-refractivity contribution is -0.125. The molecule has 0 heterocycles. The molecule has 2 aromatic carbocycles. The fourth-order valence-electron chi connectivity index (χ4n) is 1.78. The number of rotatable bonds is 4. The van der Waals surface area contributed by atoms with Crippen molar-refractivity contribution in [2.24, 2.45) is 0 Å². The summed E-state index contributed by atoms with van der Waals surface area (Å²) in [7, 11) is 1.66. The topological polar surface area (TPSA) is 49.4 Å². The zero-order chi connectivity index (χ0) is 14.4. The van der Waals surface area contributed by atoms with E-state index in [1.807, 2.05) is 48.5 Å². The van der Waals surface area contributed by atoms with Crippen molar-refractivity contribution < 1.29 is 9.59 Å². The van der Waals surface area contributed by atoms with Gasteiger partial charge in [0.05, 0.1) is 0 Å². The number of nitrogens with zero attached hydrogens (tertiary/aromatic N) is 1. The minimum Gasteiger partial charge on any atom is -0.326 e. The Bertz CT molecular complexity index is 582. The van der Waals surface area contributed by atoms with Gasteiger partial charge in [-0.1, -0.05) is 36.4 Å². The van der Waals surface area contributed by atoms with Gasteiger partial charge in [-0.15, -0.1) is 0 Å². The number of para-hydroxylation sites is 2. The van der Waals surface area contributed by atoms with Gasteiger partial charge in [-0.05, 0) is 24.3 Å². The standard InChI is InChI=1S/C16H16N2O2/c1-18(14-10-6-3-7-11-14)16(20)12-15(19)17-13-8-4-2-5-9-13/h2-11H,12H2,1H3,(H,17,19). The number of hydrogen-bond acceptors (Lipinski definition) is 2. The molecular formula is C16H16N2O2. The third kappa shape index (κ3) is 3.68. The van der Waals surface area contributed by atoms with Gasteiger partial charge in [0.1, 0.15) is 6.42 Å². The maximum Gasteiger partial charge on any atom is 0.236 e. The van der Waals surface area contributed by atoms with E-state index < -0.39 is 0 Å². The molecule has 0 bridgehead atoms. The first-order valence-electron chi connectivity index (χ1n) is 6.33. The largest absolute Gasteiger partial charge is 0.326 e. The summed E-state index contributed by atoms with van der Waals surface area (Å²) in [5, 5.41) is 2.69. The molecule has 0 spiro atoms. The summed E-state index contributed by atoms with van der Waals surface area (Å²) in [6.45, 7) is 0. The zero-order valence-corrected chi connectivity index (χ0v) is 11.2. The van der Waals surface area contributed by atoms with Crippen LogP contribution in [0.25, 0.3) is 0 Å². The van der Waals surface area contributed by atoms with Gasteiger partial charge in [0.25, 0.3) is 0 Å². The number of anilines is 2. The molecule has 0 saturated heterocycles. The third-order valence-electron chi connectivity index (χ3n) is 2.89. The summed E-state index contributed by atoms with van der Waals surface area (Å²) in [4.78, 5) is 25.3. The van der Waals surface area contributed by atoms with Crippen molar-refractivity contribution in [3.8, 4) is 0 Å². The Morgan fingerprint density at radius 1 is 0.950 bits per heavy atom. The molecule has 102 valence electrons. The highest BCUT2D eigenvalue weighted by atomic mass is 16.2. The number of amides is 2. The van der Waals surface area contributed by atoms with E-state index in [4.69, 9.17) is 0 Å². The zero-order valence-electron chi connectivity index (χ0n) is 11.2. The number of carbonyl (C=O) groups is 2. The Kier molecular flexibility index (Phi) is 4.50. The molecule has 0 aliphatic rings. The second kappa shape index (κ2) is 6.52. The predicted octanol–water partition coefficient (Wildman–Crippen LogP) is 2.68. The van der Waals surface area contributed by atoms with Crippen molar-refractivity contribution in [1.29, 1.82) is 0 Å². The highest BCUT2D eigenvalue weighted by Gasteiger charge is 2.15. The lowest BCUT2D eigenvalue weighted by Crippen LogP contribution is -2.30. The molecule has 2 rings (SSSR count). The van der Waals surface area contributed by atoms with Crippen LogP contribution < -0.4 is 10.2 Å². The predicted molar refractivity (Wildman–Crippen MR) is 79.5 cm³/mol. The smallest absolute Gasteiger partial charge is 0.236 e. The Morgan fingerprint density at radius 2 is 1.50 bits per heavy atom. The molecule has 0 fully saturated rings. The molecular weight excluding hydrogens is 252 g/mol. The number of benzene rings is 2. The van der Waals surface area contributed by atoms with Crippen molar-refractivity contribution in [3.63, 3.8) is 0 Å². The van der Waals surface area contributed by atoms with E-state index in [1.54, 1.807) is 19.2 Å². The SMILES string of the molecule is CN(C(=O)CC(=O)Nc1ccccc1)c1ccccc1. The van der Waals surface area contributed by atoms with E-state index in [0.29, 0.717) is 5.69 Å². The van der Waals surface area contributed by atoms with Crippen LogP contribution in [-0.2, 0) is 9.59 Å². The van der Waals surface area contributed by atoms with E-state index >= 15 is 0 Å². The van der Waals surface area contributed by atoms with Crippen LogP contribution in [0.15, 0.2) is 60.7 Å². The number of hydrogen-bond donors (Lipinski definition) is 1. The van der Waals surface area contributed by atoms with Crippen LogP contribution in [0.2, 0.25) is 0 Å². The summed E-state index contributed by atoms with van der Waals surface area (Å²) >= 11 is 0. The first kappa shape index (κ1) is 13.8. The maximum absolute atomic E-state index is 12.0. The van der Waals surface area contributed by atoms with Crippen LogP contribution in [0.4, 0.5) is 11.4 Å². The molecule has 0 aliphatic heterocycles. The first-order valence-corrected chi connectivity index (χ1v) is 6.33. The Balaban J connectivity index is 1.93. The Hall–Kier alpha value is -2.62. The highest BCUT2D eigenvalue weighted by Crippen LogP contribution is 2.12. The summed E-state index contributed by atoms with van der Waals surface area (Å²) in [6.07, 6.45) is -0.180. The van der Waals surface area contributed by atoms with Crippen LogP contribution in [0.5, 0.6) is 0 Å². The van der Waals surface area contributed by atoms with Gasteiger partial charge in [-0.2, -0.15) is 0 Å². The van der Waals surface area contributed by atoms with Crippen molar-refractivity contribution in [2.45, 2.75) is 6.42 Å². The molecule has 0 aromatic heterocycles. The van der Waals surface area contributed by atoms with Crippen molar-refractivity contribution >= 4 is 23.2 Å². The molecule has 0 saturated carbocycles. The minimum atomic E-state index is -0.316. The van der Waals surface area contributed by atoms with Crippen LogP contribution in [-0.4, -0.2) is 18.9 Å². The van der Waals surface area contributed by atoms with E-state index in [-0.39, 0.29) is 18.2 Å². The van der Waals surface area contributed by atoms with Crippen LogP contribution in [0.1, 0.15) is 6.42 Å². The quantitative estimate of drug-likeness (QED) is 0.867. The average Bonchev–Trinajstić information content (AvgIpc) is 2.48. The van der Waals surface area contributed by atoms with Gasteiger partial charge >= 0.3 is 0 Å². The Labute approximate surface area is 118 Å². The molecule has 2 aromatic rings. The van der Waals surface area contributed by atoms with Crippen molar-refractivity contribution in [1.82, 2.24) is 0 Å². The van der Waals surface area contributed by atoms with E-state index in [2.05, 4.69) is 5.32 Å². The third-order valence-corrected chi connectivity index (χ3v) is 2.89. The lowest BCUT2D eigenvalue weighted by Gasteiger charge is -2.17. The first-order chi connectivity index (χ1) is 9.66. The fourth-order valence-corrected chi connectivity index (χ4v) is 1.78. The minimum absolute atomic E-state index is 0.180. The number of carbonyl (C=O) groups excluding carboxylic acids is 2. The Morgan fingerprint density at radius 3 is 2.10 bits per heavy atom. The van der Waals surface area contributed by atoms with Gasteiger partial charge in [-0.25, -0.2) is 0 Å². The summed E-state index contributed by atoms with van der Waals surface area (Å²) in [6, 6.07) is 18.3. The lowest BCUT2D eigenvalue weighted by atomic mass is 10.2. The van der Waals surface area contributed by atoms with Crippen molar-refractivity contribution in [3.05, 3.63) is 60.7 Å². The van der Waals surface area contributed by atoms with E-state index in [9.17, 15) is 9.59 Å². The van der Waals surface area contributed by atoms with E-state index in [1.165, 1.54) is 4.90 Å². The summed E-state index contributed by atoms with van der Waals surface area (Å²) in [5.41, 5.74) is 1.46. The molecule has 0 radical (unpaired) electrons. The second-order valence-electron chi connectivity index (χ2n) is 4.38. The van der Waals surface area contributed by atoms with Gasteiger partial charge < -0.3 is 10.2 Å². The summed E-state index contributed by atoms with van der Waals surface area (Å²) < 4.78 is 0. The molecule has 4 nitrogen and oxygen atoms in total. The molecule has 20 heavy (non-hydrogen) atoms. The van der Waals surface area contributed by atoms with Crippen LogP contribution >= 0.6 is 0 Å². The molecule has 0 unspecified atom stereocenters. The summed E-state index contributed by atoms with van der Waals surface area (Å²) in [5.74, 6) is -0.561. The highest BCUT2D eigenvalue weighted by molar-refractivity contribution is 6.08.